The first-order chi connectivity index (χ1) is 3.35. The second kappa shape index (κ2) is 4.59. The lowest BCUT2D eigenvalue weighted by Crippen LogP contribution is -1.83. The summed E-state index contributed by atoms with van der Waals surface area (Å²) >= 11 is 0. The normalized spacial score (nSPS) is 10.3. The lowest BCUT2D eigenvalue weighted by Gasteiger charge is -1.91. The van der Waals surface area contributed by atoms with Gasteiger partial charge < -0.3 is 0 Å². The molecule has 0 fully saturated rings. The Morgan fingerprint density at radius 1 is 0.857 bits per heavy atom. The van der Waals surface area contributed by atoms with Crippen LogP contribution in [-0.4, -0.2) is 18.5 Å². The zero-order valence-electron chi connectivity index (χ0n) is 5.57. The van der Waals surface area contributed by atoms with Crippen molar-refractivity contribution in [2.24, 2.45) is 0 Å². The van der Waals surface area contributed by atoms with Crippen LogP contribution >= 0.6 is 7.92 Å². The highest BCUT2D eigenvalue weighted by Crippen LogP contribution is 2.32. The van der Waals surface area contributed by atoms with Gasteiger partial charge in [0.1, 0.15) is 7.92 Å². The molecule has 0 saturated carbocycles. The van der Waals surface area contributed by atoms with Crippen molar-refractivity contribution in [3.63, 3.8) is 0 Å². The van der Waals surface area contributed by atoms with E-state index >= 15 is 0 Å². The predicted molar refractivity (Wildman–Crippen MR) is 38.5 cm³/mol. The van der Waals surface area contributed by atoms with Crippen molar-refractivity contribution in [2.75, 3.05) is 18.5 Å². The van der Waals surface area contributed by atoms with Crippen LogP contribution < -0.4 is 0 Å². The molecule has 0 aliphatic heterocycles. The molecule has 0 aromatic carbocycles. The first kappa shape index (κ1) is 7.43. The van der Waals surface area contributed by atoms with Crippen molar-refractivity contribution in [1.82, 2.24) is 0 Å². The van der Waals surface area contributed by atoms with Gasteiger partial charge in [-0.25, -0.2) is 0 Å². The highest BCUT2D eigenvalue weighted by Gasteiger charge is 2.09. The van der Waals surface area contributed by atoms with Crippen LogP contribution in [0.1, 0.15) is 20.8 Å². The Morgan fingerprint density at radius 3 is 1.14 bits per heavy atom. The molecule has 0 nitrogen and oxygen atoms in total. The maximum atomic E-state index is 2.29. The van der Waals surface area contributed by atoms with E-state index in [-0.39, 0.29) is 0 Å². The summed E-state index contributed by atoms with van der Waals surface area (Å²) in [7, 11) is 0.446. The molecule has 1 radical (unpaired) electrons. The fraction of sp³-hybridized carbons (Fsp3) is 1.00. The molecular weight excluding hydrogens is 103 g/mol. The van der Waals surface area contributed by atoms with E-state index in [1.807, 2.05) is 0 Å². The SMILES string of the molecule is CC[P+](CC)CC. The van der Waals surface area contributed by atoms with E-state index in [1.165, 1.54) is 18.5 Å². The minimum absolute atomic E-state index is 0.446. The molecule has 0 unspecified atom stereocenters. The lowest BCUT2D eigenvalue weighted by molar-refractivity contribution is 1.35. The van der Waals surface area contributed by atoms with Crippen LogP contribution in [0.15, 0.2) is 0 Å². The molecule has 43 valence electrons. The Labute approximate surface area is 48.1 Å². The average molecular weight is 118 g/mol. The van der Waals surface area contributed by atoms with Crippen molar-refractivity contribution in [1.29, 1.82) is 0 Å². The van der Waals surface area contributed by atoms with E-state index in [1.54, 1.807) is 0 Å². The van der Waals surface area contributed by atoms with E-state index in [9.17, 15) is 0 Å². The van der Waals surface area contributed by atoms with Gasteiger partial charge in [0.05, 0.1) is 18.5 Å². The Bertz CT molecular complexity index is 25.7. The molecule has 1 heteroatoms. The molecule has 0 aliphatic carbocycles. The molecule has 0 bridgehead atoms. The fourth-order valence-electron chi connectivity index (χ4n) is 0.671. The van der Waals surface area contributed by atoms with Gasteiger partial charge >= 0.3 is 0 Å². The smallest absolute Gasteiger partial charge is 0.0278 e. The molecule has 0 aromatic heterocycles. The van der Waals surface area contributed by atoms with E-state index in [0.29, 0.717) is 7.92 Å². The molecule has 0 aromatic rings. The molecule has 7 heavy (non-hydrogen) atoms. The number of hydrogen-bond donors (Lipinski definition) is 0. The Kier molecular flexibility index (Phi) is 4.87. The molecule has 0 spiro atoms. The van der Waals surface area contributed by atoms with Gasteiger partial charge in [-0.2, -0.15) is 0 Å². The van der Waals surface area contributed by atoms with Gasteiger partial charge in [0.25, 0.3) is 0 Å². The van der Waals surface area contributed by atoms with Crippen molar-refractivity contribution in [3.05, 3.63) is 0 Å². The number of rotatable bonds is 3. The molecular formula is C6H15P+. The lowest BCUT2D eigenvalue weighted by atomic mass is 10.9. The van der Waals surface area contributed by atoms with Crippen LogP contribution in [0.2, 0.25) is 0 Å². The van der Waals surface area contributed by atoms with Crippen LogP contribution in [0, 0.1) is 0 Å². The third kappa shape index (κ3) is 3.05. The van der Waals surface area contributed by atoms with Gasteiger partial charge in [0, 0.05) is 0 Å². The third-order valence-electron chi connectivity index (χ3n) is 1.34. The summed E-state index contributed by atoms with van der Waals surface area (Å²) in [6.45, 7) is 6.87. The second-order valence-corrected chi connectivity index (χ2v) is 4.86. The number of hydrogen-bond acceptors (Lipinski definition) is 0. The van der Waals surface area contributed by atoms with Crippen molar-refractivity contribution in [2.45, 2.75) is 20.8 Å². The second-order valence-electron chi connectivity index (χ2n) is 1.62. The maximum absolute atomic E-state index is 2.29. The summed E-state index contributed by atoms with van der Waals surface area (Å²) in [5, 5.41) is 0. The zero-order chi connectivity index (χ0) is 5.70. The average Bonchev–Trinajstić information content (AvgIpc) is 1.72. The standard InChI is InChI=1S/C6H15P/c1-4-7(5-2)6-3/h4-6H2,1-3H3/q+1. The summed E-state index contributed by atoms with van der Waals surface area (Å²) in [6, 6.07) is 0. The van der Waals surface area contributed by atoms with E-state index in [0.717, 1.165) is 0 Å². The van der Waals surface area contributed by atoms with E-state index in [4.69, 9.17) is 0 Å². The van der Waals surface area contributed by atoms with Crippen molar-refractivity contribution >= 4 is 7.92 Å². The first-order valence-electron chi connectivity index (χ1n) is 3.07. The Hall–Kier alpha value is 0.430. The molecule has 0 atom stereocenters. The summed E-state index contributed by atoms with van der Waals surface area (Å²) in [6.07, 6.45) is 4.26. The van der Waals surface area contributed by atoms with E-state index < -0.39 is 0 Å². The quantitative estimate of drug-likeness (QED) is 0.499. The van der Waals surface area contributed by atoms with Gasteiger partial charge in [-0.05, 0) is 20.8 Å². The molecule has 0 aliphatic rings. The Balaban J connectivity index is 2.99. The van der Waals surface area contributed by atoms with Crippen LogP contribution in [0.25, 0.3) is 0 Å². The first-order valence-corrected chi connectivity index (χ1v) is 4.97. The summed E-state index contributed by atoms with van der Waals surface area (Å²) in [4.78, 5) is 0. The molecule has 0 N–H and O–H groups in total. The summed E-state index contributed by atoms with van der Waals surface area (Å²) < 4.78 is 0. The molecule has 0 saturated heterocycles. The third-order valence-corrected chi connectivity index (χ3v) is 4.02. The monoisotopic (exact) mass is 118 g/mol. The largest absolute Gasteiger partial charge is 0.134 e. The van der Waals surface area contributed by atoms with Gasteiger partial charge in [-0.15, -0.1) is 0 Å². The van der Waals surface area contributed by atoms with Gasteiger partial charge in [-0.1, -0.05) is 0 Å². The summed E-state index contributed by atoms with van der Waals surface area (Å²) in [5.74, 6) is 0. The maximum Gasteiger partial charge on any atom is 0.134 e. The van der Waals surface area contributed by atoms with Crippen LogP contribution in [0.3, 0.4) is 0 Å². The topological polar surface area (TPSA) is 0 Å². The van der Waals surface area contributed by atoms with Crippen LogP contribution in [0.5, 0.6) is 0 Å². The molecule has 0 amide bonds. The summed E-state index contributed by atoms with van der Waals surface area (Å²) in [5.41, 5.74) is 0. The highest BCUT2D eigenvalue weighted by molar-refractivity contribution is 7.57. The van der Waals surface area contributed by atoms with Crippen LogP contribution in [-0.2, 0) is 0 Å². The Morgan fingerprint density at radius 2 is 1.14 bits per heavy atom. The van der Waals surface area contributed by atoms with Crippen molar-refractivity contribution < 1.29 is 0 Å². The minimum atomic E-state index is 0.446. The van der Waals surface area contributed by atoms with Crippen LogP contribution in [0.4, 0.5) is 0 Å². The van der Waals surface area contributed by atoms with E-state index in [2.05, 4.69) is 20.8 Å². The van der Waals surface area contributed by atoms with Gasteiger partial charge in [-0.3, -0.25) is 0 Å². The van der Waals surface area contributed by atoms with Gasteiger partial charge in [0.15, 0.2) is 0 Å². The zero-order valence-corrected chi connectivity index (χ0v) is 6.46. The molecule has 0 heterocycles. The predicted octanol–water partition coefficient (Wildman–Crippen LogP) is 2.53. The highest BCUT2D eigenvalue weighted by atomic mass is 31.1. The molecule has 0 rings (SSSR count). The van der Waals surface area contributed by atoms with Gasteiger partial charge in [0.2, 0.25) is 0 Å². The fourth-order valence-corrected chi connectivity index (χ4v) is 2.01. The van der Waals surface area contributed by atoms with Crippen molar-refractivity contribution in [3.8, 4) is 0 Å². The minimum Gasteiger partial charge on any atom is -0.0278 e.